The Hall–Kier alpha value is -0.120. The van der Waals surface area contributed by atoms with Crippen LogP contribution in [-0.4, -0.2) is 26.3 Å². The highest BCUT2D eigenvalue weighted by Gasteiger charge is 2.10. The molecule has 350 valence electrons. The van der Waals surface area contributed by atoms with Crippen molar-refractivity contribution in [3.8, 4) is 0 Å². The molecule has 3 nitrogen and oxygen atoms in total. The predicted octanol–water partition coefficient (Wildman–Crippen LogP) is 19.7. The molecule has 0 radical (unpaired) electrons. The summed E-state index contributed by atoms with van der Waals surface area (Å²) in [5.41, 5.74) is 0. The standard InChI is InChI=1S/C55H112O3/c1-52(2)46-40-34-28-22-16-10-7-13-19-25-31-37-43-49-56-55(57-50-44-38-32-26-20-14-8-11-17-23-29-35-41-47-53(3)4)58-51-45-39-33-27-21-15-9-12-18-24-30-36-42-48-54(5)6/h52-55H,7-51H2,1-6H3. The zero-order valence-electron chi connectivity index (χ0n) is 41.4. The molecule has 0 aliphatic heterocycles. The highest BCUT2D eigenvalue weighted by molar-refractivity contribution is 4.54. The molecule has 0 atom stereocenters. The highest BCUT2D eigenvalue weighted by atomic mass is 16.8. The Kier molecular flexibility index (Phi) is 49.4. The van der Waals surface area contributed by atoms with Gasteiger partial charge in [0, 0.05) is 0 Å². The normalized spacial score (nSPS) is 12.1. The van der Waals surface area contributed by atoms with Crippen molar-refractivity contribution in [3.63, 3.8) is 0 Å². The van der Waals surface area contributed by atoms with Crippen molar-refractivity contribution in [3.05, 3.63) is 0 Å². The Morgan fingerprint density at radius 2 is 0.328 bits per heavy atom. The fourth-order valence-electron chi connectivity index (χ4n) is 8.48. The first-order valence-corrected chi connectivity index (χ1v) is 27.3. The molecule has 3 heteroatoms. The third-order valence-corrected chi connectivity index (χ3v) is 12.5. The van der Waals surface area contributed by atoms with E-state index >= 15 is 0 Å². The van der Waals surface area contributed by atoms with E-state index in [-0.39, 0.29) is 0 Å². The molecule has 0 saturated heterocycles. The molecule has 0 unspecified atom stereocenters. The first-order valence-electron chi connectivity index (χ1n) is 27.3. The Bertz CT molecular complexity index is 625. The zero-order chi connectivity index (χ0) is 42.3. The van der Waals surface area contributed by atoms with Crippen LogP contribution in [0.5, 0.6) is 0 Å². The van der Waals surface area contributed by atoms with Gasteiger partial charge in [-0.3, -0.25) is 0 Å². The van der Waals surface area contributed by atoms with Crippen molar-refractivity contribution >= 4 is 0 Å². The third-order valence-electron chi connectivity index (χ3n) is 12.5. The second kappa shape index (κ2) is 49.5. The van der Waals surface area contributed by atoms with Gasteiger partial charge in [0.1, 0.15) is 0 Å². The Morgan fingerprint density at radius 1 is 0.190 bits per heavy atom. The van der Waals surface area contributed by atoms with E-state index in [1.807, 2.05) is 0 Å². The number of hydrogen-bond donors (Lipinski definition) is 0. The zero-order valence-corrected chi connectivity index (χ0v) is 41.4. The smallest absolute Gasteiger partial charge is 0.271 e. The van der Waals surface area contributed by atoms with Gasteiger partial charge in [0.05, 0.1) is 19.8 Å². The summed E-state index contributed by atoms with van der Waals surface area (Å²) >= 11 is 0. The van der Waals surface area contributed by atoms with Crippen molar-refractivity contribution in [1.29, 1.82) is 0 Å². The topological polar surface area (TPSA) is 27.7 Å². The van der Waals surface area contributed by atoms with Gasteiger partial charge in [0.15, 0.2) is 0 Å². The summed E-state index contributed by atoms with van der Waals surface area (Å²) in [4.78, 5) is 0. The van der Waals surface area contributed by atoms with E-state index in [2.05, 4.69) is 41.5 Å². The molecule has 0 heterocycles. The van der Waals surface area contributed by atoms with Crippen LogP contribution in [0.4, 0.5) is 0 Å². The van der Waals surface area contributed by atoms with Crippen LogP contribution < -0.4 is 0 Å². The fourth-order valence-corrected chi connectivity index (χ4v) is 8.48. The van der Waals surface area contributed by atoms with Gasteiger partial charge in [0.25, 0.3) is 6.48 Å². The van der Waals surface area contributed by atoms with Crippen LogP contribution in [-0.2, 0) is 14.2 Å². The third kappa shape index (κ3) is 52.0. The van der Waals surface area contributed by atoms with Crippen LogP contribution in [0.1, 0.15) is 311 Å². The molecule has 0 spiro atoms. The van der Waals surface area contributed by atoms with E-state index in [0.717, 1.165) is 56.8 Å². The maximum Gasteiger partial charge on any atom is 0.271 e. The highest BCUT2D eigenvalue weighted by Crippen LogP contribution is 2.18. The summed E-state index contributed by atoms with van der Waals surface area (Å²) in [6, 6.07) is 0. The monoisotopic (exact) mass is 821 g/mol. The summed E-state index contributed by atoms with van der Waals surface area (Å²) in [7, 11) is 0. The van der Waals surface area contributed by atoms with Gasteiger partial charge < -0.3 is 14.2 Å². The number of unbranched alkanes of at least 4 members (excludes halogenated alkanes) is 36. The van der Waals surface area contributed by atoms with Gasteiger partial charge in [-0.25, -0.2) is 0 Å². The number of ether oxygens (including phenoxy) is 3. The molecule has 0 aromatic rings. The number of rotatable bonds is 51. The quantitative estimate of drug-likeness (QED) is 0.0452. The average Bonchev–Trinajstić information content (AvgIpc) is 3.19. The molecule has 0 rings (SSSR count). The van der Waals surface area contributed by atoms with Crippen LogP contribution in [0.25, 0.3) is 0 Å². The Balaban J connectivity index is 3.97. The first-order chi connectivity index (χ1) is 28.4. The van der Waals surface area contributed by atoms with Crippen LogP contribution in [0, 0.1) is 17.8 Å². The van der Waals surface area contributed by atoms with E-state index in [4.69, 9.17) is 14.2 Å². The lowest BCUT2D eigenvalue weighted by molar-refractivity contribution is -0.288. The molecule has 0 aliphatic rings. The minimum Gasteiger partial charge on any atom is -0.330 e. The molecule has 0 fully saturated rings. The molecule has 0 saturated carbocycles. The van der Waals surface area contributed by atoms with E-state index in [9.17, 15) is 0 Å². The van der Waals surface area contributed by atoms with Crippen LogP contribution >= 0.6 is 0 Å². The van der Waals surface area contributed by atoms with Crippen LogP contribution in [0.15, 0.2) is 0 Å². The molecule has 0 aliphatic carbocycles. The second-order valence-corrected chi connectivity index (χ2v) is 20.2. The van der Waals surface area contributed by atoms with Crippen molar-refractivity contribution < 1.29 is 14.2 Å². The molecule has 0 N–H and O–H groups in total. The van der Waals surface area contributed by atoms with Crippen molar-refractivity contribution in [2.45, 2.75) is 318 Å². The molecule has 58 heavy (non-hydrogen) atoms. The van der Waals surface area contributed by atoms with Gasteiger partial charge in [-0.15, -0.1) is 0 Å². The molecule has 0 aromatic heterocycles. The summed E-state index contributed by atoms with van der Waals surface area (Å²) in [6.45, 7) is 15.9. The Morgan fingerprint density at radius 3 is 0.483 bits per heavy atom. The first kappa shape index (κ1) is 57.9. The molecule has 0 bridgehead atoms. The molecule has 0 aromatic carbocycles. The number of hydrogen-bond acceptors (Lipinski definition) is 3. The van der Waals surface area contributed by atoms with Crippen molar-refractivity contribution in [1.82, 2.24) is 0 Å². The van der Waals surface area contributed by atoms with E-state index in [0.29, 0.717) is 0 Å². The van der Waals surface area contributed by atoms with Crippen molar-refractivity contribution in [2.75, 3.05) is 19.8 Å². The minimum atomic E-state index is -0.472. The summed E-state index contributed by atoms with van der Waals surface area (Å²) in [5.74, 6) is 2.62. The fraction of sp³-hybridized carbons (Fsp3) is 1.00. The largest absolute Gasteiger partial charge is 0.330 e. The maximum atomic E-state index is 6.17. The maximum absolute atomic E-state index is 6.17. The van der Waals surface area contributed by atoms with Gasteiger partial charge >= 0.3 is 0 Å². The lowest BCUT2D eigenvalue weighted by Crippen LogP contribution is -2.23. The van der Waals surface area contributed by atoms with Gasteiger partial charge in [-0.05, 0) is 37.0 Å². The predicted molar refractivity (Wildman–Crippen MR) is 260 cm³/mol. The van der Waals surface area contributed by atoms with E-state index < -0.39 is 6.48 Å². The van der Waals surface area contributed by atoms with E-state index in [1.165, 1.54) is 250 Å². The summed E-state index contributed by atoms with van der Waals surface area (Å²) in [5, 5.41) is 0. The van der Waals surface area contributed by atoms with Crippen LogP contribution in [0.2, 0.25) is 0 Å². The van der Waals surface area contributed by atoms with E-state index in [1.54, 1.807) is 0 Å². The van der Waals surface area contributed by atoms with Gasteiger partial charge in [-0.1, -0.05) is 292 Å². The Labute approximate surface area is 368 Å². The average molecular weight is 821 g/mol. The van der Waals surface area contributed by atoms with Gasteiger partial charge in [0.2, 0.25) is 0 Å². The van der Waals surface area contributed by atoms with Gasteiger partial charge in [-0.2, -0.15) is 0 Å². The lowest BCUT2D eigenvalue weighted by atomic mass is 10.0. The summed E-state index contributed by atoms with van der Waals surface area (Å²) in [6.07, 6.45) is 58.3. The molecule has 0 amide bonds. The lowest BCUT2D eigenvalue weighted by Gasteiger charge is -2.19. The molecular weight excluding hydrogens is 709 g/mol. The molecular formula is C55H112O3. The minimum absolute atomic E-state index is 0.472. The summed E-state index contributed by atoms with van der Waals surface area (Å²) < 4.78 is 18.5. The van der Waals surface area contributed by atoms with Crippen LogP contribution in [0.3, 0.4) is 0 Å². The second-order valence-electron chi connectivity index (χ2n) is 20.2. The van der Waals surface area contributed by atoms with Crippen molar-refractivity contribution in [2.24, 2.45) is 17.8 Å². The SMILES string of the molecule is CC(C)CCCCCCCCCCCCCCCOC(OCCCCCCCCCCCCCCCC(C)C)OCCCCCCCCCCCCCCCC(C)C.